The van der Waals surface area contributed by atoms with E-state index in [1.54, 1.807) is 0 Å². The highest BCUT2D eigenvalue weighted by Gasteiger charge is 2.42. The van der Waals surface area contributed by atoms with Gasteiger partial charge in [-0.1, -0.05) is 0 Å². The first kappa shape index (κ1) is 7.95. The summed E-state index contributed by atoms with van der Waals surface area (Å²) in [5, 5.41) is 0.762. The summed E-state index contributed by atoms with van der Waals surface area (Å²) in [6.45, 7) is -0.111. The summed E-state index contributed by atoms with van der Waals surface area (Å²) in [7, 11) is 2.07. The zero-order valence-electron chi connectivity index (χ0n) is 22.1. The number of fused-ring (bicyclic) bond motifs is 1. The first-order valence-corrected chi connectivity index (χ1v) is 6.85. The molecule has 2 aliphatic heterocycles. The molecule has 122 valence electrons. The summed E-state index contributed by atoms with van der Waals surface area (Å²) < 4.78 is 74.7. The third-order valence-corrected chi connectivity index (χ3v) is 3.90. The molecule has 2 aliphatic rings. The van der Waals surface area contributed by atoms with Crippen LogP contribution in [0.15, 0.2) is 6.04 Å². The van der Waals surface area contributed by atoms with Gasteiger partial charge in [-0.2, -0.15) is 0 Å². The first-order chi connectivity index (χ1) is 14.3. The van der Waals surface area contributed by atoms with Gasteiger partial charge in [0.2, 0.25) is 5.91 Å². The van der Waals surface area contributed by atoms with Crippen LogP contribution in [-0.4, -0.2) is 47.6 Å². The number of anilines is 1. The van der Waals surface area contributed by atoms with Crippen molar-refractivity contribution in [3.63, 3.8) is 0 Å². The minimum Gasteiger partial charge on any atom is -0.388 e. The normalized spacial score (nSPS) is 36.5. The molecule has 0 aromatic heterocycles. The molecule has 0 aliphatic carbocycles. The molecule has 2 heterocycles. The van der Waals surface area contributed by atoms with Crippen LogP contribution >= 0.6 is 0 Å². The quantitative estimate of drug-likeness (QED) is 0.836. The molecule has 0 radical (unpaired) electrons. The highest BCUT2D eigenvalue weighted by Crippen LogP contribution is 2.36. The predicted molar refractivity (Wildman–Crippen MR) is 86.1 cm³/mol. The van der Waals surface area contributed by atoms with Crippen molar-refractivity contribution >= 4 is 23.4 Å². The summed E-state index contributed by atoms with van der Waals surface area (Å²) in [5.74, 6) is -4.58. The molecule has 0 bridgehead atoms. The lowest BCUT2D eigenvalue weighted by Crippen LogP contribution is -2.53. The maximum Gasteiger partial charge on any atom is 0.255 e. The number of imide groups is 1. The SMILES string of the molecule is [2H]c1c(C)c(C)c(N([2H])C)c2c1C(=O)N(C1([2H])C(=O)N(C)C(=O)C([2H])([2H])C1([2H])[2H])C2([2H])[2H]. The van der Waals surface area contributed by atoms with Crippen LogP contribution in [0.4, 0.5) is 5.69 Å². The zero-order chi connectivity index (χ0) is 24.9. The predicted octanol–water partition coefficient (Wildman–Crippen LogP) is 1.45. The van der Waals surface area contributed by atoms with Crippen LogP contribution in [0, 0.1) is 13.8 Å². The maximum absolute atomic E-state index is 13.4. The largest absolute Gasteiger partial charge is 0.388 e. The molecule has 0 saturated carbocycles. The van der Waals surface area contributed by atoms with E-state index in [1.807, 2.05) is 0 Å². The summed E-state index contributed by atoms with van der Waals surface area (Å²) in [4.78, 5) is 38.8. The Morgan fingerprint density at radius 3 is 2.78 bits per heavy atom. The Morgan fingerprint density at radius 2 is 2.13 bits per heavy atom. The molecule has 1 unspecified atom stereocenters. The van der Waals surface area contributed by atoms with Gasteiger partial charge in [0.25, 0.3) is 11.8 Å². The number of piperidine rings is 1. The van der Waals surface area contributed by atoms with Crippen molar-refractivity contribution in [3.05, 3.63) is 28.3 Å². The third-order valence-electron chi connectivity index (χ3n) is 3.90. The lowest BCUT2D eigenvalue weighted by Gasteiger charge is -2.33. The Balaban J connectivity index is 2.43. The minimum absolute atomic E-state index is 0.0440. The summed E-state index contributed by atoms with van der Waals surface area (Å²) in [6.07, 6.45) is -7.11. The van der Waals surface area contributed by atoms with Crippen molar-refractivity contribution in [3.8, 4) is 0 Å². The molecular formula is C17H21N3O3. The summed E-state index contributed by atoms with van der Waals surface area (Å²) in [5.41, 5.74) is -0.618. The Kier molecular flexibility index (Phi) is 1.85. The van der Waals surface area contributed by atoms with E-state index < -0.39 is 60.2 Å². The topological polar surface area (TPSA) is 69.7 Å². The smallest absolute Gasteiger partial charge is 0.255 e. The number of benzene rings is 1. The van der Waals surface area contributed by atoms with Gasteiger partial charge in [0, 0.05) is 49.3 Å². The lowest BCUT2D eigenvalue weighted by atomic mass is 9.98. The number of nitrogens with one attached hydrogen (secondary N) is 1. The van der Waals surface area contributed by atoms with Crippen LogP contribution in [0.3, 0.4) is 0 Å². The highest BCUT2D eigenvalue weighted by atomic mass is 16.2. The highest BCUT2D eigenvalue weighted by molar-refractivity contribution is 6.06. The first-order valence-electron chi connectivity index (χ1n) is 11.3. The van der Waals surface area contributed by atoms with Gasteiger partial charge < -0.3 is 10.2 Å². The van der Waals surface area contributed by atoms with Crippen LogP contribution in [0.5, 0.6) is 0 Å². The Hall–Kier alpha value is -2.37. The van der Waals surface area contributed by atoms with E-state index in [0.717, 1.165) is 12.4 Å². The van der Waals surface area contributed by atoms with Gasteiger partial charge in [0.05, 0.1) is 5.48 Å². The molecule has 6 nitrogen and oxygen atoms in total. The van der Waals surface area contributed by atoms with E-state index in [2.05, 4.69) is 0 Å². The molecule has 0 spiro atoms. The number of nitrogens with zero attached hydrogens (tertiary/aromatic N) is 2. The van der Waals surface area contributed by atoms with Gasteiger partial charge in [-0.05, 0) is 37.4 Å². The molecule has 6 heteroatoms. The fourth-order valence-electron chi connectivity index (χ4n) is 2.46. The van der Waals surface area contributed by atoms with Gasteiger partial charge in [-0.15, -0.1) is 0 Å². The van der Waals surface area contributed by atoms with Crippen LogP contribution in [-0.2, 0) is 16.1 Å². The van der Waals surface area contributed by atoms with E-state index >= 15 is 0 Å². The second-order valence-corrected chi connectivity index (χ2v) is 5.22. The average molecular weight is 324 g/mol. The monoisotopic (exact) mass is 324 g/mol. The standard InChI is InChI=1S/C17H21N3O3/c1-9-7-11-12(15(18-3)10(9)2)8-20(16(11)22)13-5-6-14(21)19(4)17(13)23/h7,13,18H,5-6,8H2,1-4H3/i5D2,6D2,7D,8D2,13D/hD. The van der Waals surface area contributed by atoms with Gasteiger partial charge in [-0.3, -0.25) is 19.3 Å². The van der Waals surface area contributed by atoms with E-state index in [-0.39, 0.29) is 21.1 Å². The number of hydrogen-bond donors (Lipinski definition) is 1. The van der Waals surface area contributed by atoms with Crippen molar-refractivity contribution in [1.29, 1.82) is 0 Å². The summed E-state index contributed by atoms with van der Waals surface area (Å²) in [6, 6.07) is -3.95. The van der Waals surface area contributed by atoms with Crippen LogP contribution in [0.25, 0.3) is 0 Å². The molecule has 1 atom stereocenters. The van der Waals surface area contributed by atoms with Gasteiger partial charge in [0.1, 0.15) is 6.02 Å². The third kappa shape index (κ3) is 2.20. The second-order valence-electron chi connectivity index (χ2n) is 5.22. The number of rotatable bonds is 2. The molecule has 3 rings (SSSR count). The number of likely N-dealkylation sites (tertiary alicyclic amines) is 1. The maximum atomic E-state index is 13.4. The van der Waals surface area contributed by atoms with Gasteiger partial charge in [-0.25, -0.2) is 0 Å². The zero-order valence-corrected chi connectivity index (χ0v) is 13.1. The number of carbonyl (C=O) groups is 3. The second kappa shape index (κ2) is 5.37. The van der Waals surface area contributed by atoms with Crippen molar-refractivity contribution in [1.82, 2.24) is 9.80 Å². The lowest BCUT2D eigenvalue weighted by molar-refractivity contribution is -0.150. The van der Waals surface area contributed by atoms with Gasteiger partial charge in [0.15, 0.2) is 1.41 Å². The van der Waals surface area contributed by atoms with Gasteiger partial charge >= 0.3 is 0 Å². The average Bonchev–Trinajstić information content (AvgIpc) is 2.88. The van der Waals surface area contributed by atoms with Crippen LogP contribution in [0.2, 0.25) is 1.41 Å². The fourth-order valence-corrected chi connectivity index (χ4v) is 2.46. The molecule has 1 aromatic rings. The fraction of sp³-hybridized carbons (Fsp3) is 0.471. The van der Waals surface area contributed by atoms with Crippen molar-refractivity contribution in [2.45, 2.75) is 39.1 Å². The minimum atomic E-state index is -3.66. The Labute approximate surface area is 148 Å². The van der Waals surface area contributed by atoms with E-state index in [4.69, 9.17) is 12.4 Å². The molecule has 3 amide bonds. The van der Waals surface area contributed by atoms with Crippen molar-refractivity contribution in [2.24, 2.45) is 0 Å². The Morgan fingerprint density at radius 1 is 1.43 bits per heavy atom. The Bertz CT molecular complexity index is 1090. The molecule has 23 heavy (non-hydrogen) atoms. The molecule has 1 N–H and O–H groups in total. The summed E-state index contributed by atoms with van der Waals surface area (Å²) >= 11 is 0. The number of likely N-dealkylation sites (N-methyl/N-ethyl adjacent to an activating group) is 1. The molecule has 1 fully saturated rings. The van der Waals surface area contributed by atoms with Crippen molar-refractivity contribution < 1.29 is 26.8 Å². The van der Waals surface area contributed by atoms with E-state index in [9.17, 15) is 14.4 Å². The molecular weight excluding hydrogens is 294 g/mol. The van der Waals surface area contributed by atoms with E-state index in [1.165, 1.54) is 20.9 Å². The van der Waals surface area contributed by atoms with Crippen LogP contribution < -0.4 is 5.31 Å². The van der Waals surface area contributed by atoms with E-state index in [0.29, 0.717) is 5.56 Å². The number of hydrogen-bond acceptors (Lipinski definition) is 4. The van der Waals surface area contributed by atoms with Crippen molar-refractivity contribution in [2.75, 3.05) is 19.4 Å². The number of amides is 3. The van der Waals surface area contributed by atoms with Crippen LogP contribution in [0.1, 0.15) is 50.8 Å². The number of carbonyl (C=O) groups excluding carboxylic acids is 3. The molecule has 1 saturated heterocycles. The molecule has 1 aromatic carbocycles.